The third kappa shape index (κ3) is 3.77. The van der Waals surface area contributed by atoms with E-state index in [4.69, 9.17) is 11.6 Å². The van der Waals surface area contributed by atoms with Crippen molar-refractivity contribution in [3.05, 3.63) is 64.4 Å². The summed E-state index contributed by atoms with van der Waals surface area (Å²) in [6, 6.07) is 11.3. The van der Waals surface area contributed by atoms with Crippen molar-refractivity contribution in [1.29, 1.82) is 0 Å². The highest BCUT2D eigenvalue weighted by Gasteiger charge is 2.10. The third-order valence-electron chi connectivity index (χ3n) is 3.03. The Morgan fingerprint density at radius 3 is 2.79 bits per heavy atom. The first-order chi connectivity index (χ1) is 9.18. The van der Waals surface area contributed by atoms with Gasteiger partial charge in [0.25, 0.3) is 0 Å². The van der Waals surface area contributed by atoms with Crippen LogP contribution < -0.4 is 5.32 Å². The molecule has 1 atom stereocenters. The molecule has 0 aliphatic heterocycles. The topological polar surface area (TPSA) is 45.2 Å². The lowest BCUT2D eigenvalue weighted by Crippen LogP contribution is -2.21. The van der Waals surface area contributed by atoms with Crippen LogP contribution in [0.15, 0.2) is 42.6 Å². The predicted molar refractivity (Wildman–Crippen MR) is 77.1 cm³/mol. The standard InChI is InChI=1S/C15H17ClN2O/c1-11-12(5-4-8-18-11)9-17-10-15(19)13-6-2-3-7-14(13)16/h2-8,15,17,19H,9-10H2,1H3. The number of pyridine rings is 1. The van der Waals surface area contributed by atoms with E-state index in [9.17, 15) is 5.11 Å². The zero-order chi connectivity index (χ0) is 13.7. The number of aliphatic hydroxyl groups is 1. The number of halogens is 1. The fourth-order valence-corrected chi connectivity index (χ4v) is 2.16. The number of aromatic nitrogens is 1. The monoisotopic (exact) mass is 276 g/mol. The lowest BCUT2D eigenvalue weighted by Gasteiger charge is -2.14. The molecule has 1 heterocycles. The number of hydrogen-bond donors (Lipinski definition) is 2. The van der Waals surface area contributed by atoms with Crippen LogP contribution in [-0.2, 0) is 6.54 Å². The quantitative estimate of drug-likeness (QED) is 0.883. The second kappa shape index (κ2) is 6.66. The molecule has 0 fully saturated rings. The van der Waals surface area contributed by atoms with Gasteiger partial charge in [0.05, 0.1) is 6.10 Å². The van der Waals surface area contributed by atoms with Crippen molar-refractivity contribution in [3.8, 4) is 0 Å². The van der Waals surface area contributed by atoms with Gasteiger partial charge in [0.2, 0.25) is 0 Å². The Labute approximate surface area is 118 Å². The van der Waals surface area contributed by atoms with Crippen LogP contribution >= 0.6 is 11.6 Å². The van der Waals surface area contributed by atoms with Crippen LogP contribution in [0.1, 0.15) is 22.9 Å². The molecule has 1 aromatic heterocycles. The summed E-state index contributed by atoms with van der Waals surface area (Å²) in [6.07, 6.45) is 1.17. The van der Waals surface area contributed by atoms with Gasteiger partial charge in [-0.2, -0.15) is 0 Å². The SMILES string of the molecule is Cc1ncccc1CNCC(O)c1ccccc1Cl. The summed E-state index contributed by atoms with van der Waals surface area (Å²) in [4.78, 5) is 4.23. The number of nitrogens with zero attached hydrogens (tertiary/aromatic N) is 1. The minimum atomic E-state index is -0.606. The maximum Gasteiger partial charge on any atom is 0.0928 e. The van der Waals surface area contributed by atoms with Crippen molar-refractivity contribution in [2.45, 2.75) is 19.6 Å². The largest absolute Gasteiger partial charge is 0.387 e. The Bertz CT molecular complexity index is 545. The molecule has 0 aliphatic carbocycles. The minimum absolute atomic E-state index is 0.456. The highest BCUT2D eigenvalue weighted by atomic mass is 35.5. The second-order valence-electron chi connectivity index (χ2n) is 4.42. The molecule has 1 aromatic carbocycles. The summed E-state index contributed by atoms with van der Waals surface area (Å²) >= 11 is 6.04. The summed E-state index contributed by atoms with van der Waals surface area (Å²) in [5.74, 6) is 0. The van der Waals surface area contributed by atoms with Crippen LogP contribution in [0.2, 0.25) is 5.02 Å². The molecule has 3 nitrogen and oxygen atoms in total. The summed E-state index contributed by atoms with van der Waals surface area (Å²) in [5, 5.41) is 13.9. The Morgan fingerprint density at radius 2 is 2.05 bits per heavy atom. The fourth-order valence-electron chi connectivity index (χ4n) is 1.90. The normalized spacial score (nSPS) is 12.4. The number of rotatable bonds is 5. The molecule has 4 heteroatoms. The molecule has 0 saturated carbocycles. The van der Waals surface area contributed by atoms with Crippen LogP contribution in [0.5, 0.6) is 0 Å². The third-order valence-corrected chi connectivity index (χ3v) is 3.38. The molecule has 0 saturated heterocycles. The molecule has 0 radical (unpaired) electrons. The smallest absolute Gasteiger partial charge is 0.0928 e. The van der Waals surface area contributed by atoms with E-state index in [2.05, 4.69) is 10.3 Å². The molecule has 0 aliphatic rings. The second-order valence-corrected chi connectivity index (χ2v) is 4.82. The highest BCUT2D eigenvalue weighted by Crippen LogP contribution is 2.21. The van der Waals surface area contributed by atoms with Gasteiger partial charge in [-0.25, -0.2) is 0 Å². The zero-order valence-corrected chi connectivity index (χ0v) is 11.6. The van der Waals surface area contributed by atoms with Gasteiger partial charge in [0, 0.05) is 35.6 Å². The Hall–Kier alpha value is -1.42. The predicted octanol–water partition coefficient (Wildman–Crippen LogP) is 2.87. The molecule has 0 amide bonds. The number of aryl methyl sites for hydroxylation is 1. The van der Waals surface area contributed by atoms with E-state index in [-0.39, 0.29) is 0 Å². The number of aliphatic hydroxyl groups excluding tert-OH is 1. The van der Waals surface area contributed by atoms with Gasteiger partial charge in [-0.05, 0) is 24.6 Å². The molecular formula is C15H17ClN2O. The lowest BCUT2D eigenvalue weighted by atomic mass is 10.1. The number of hydrogen-bond acceptors (Lipinski definition) is 3. The summed E-state index contributed by atoms with van der Waals surface area (Å²) in [6.45, 7) is 3.11. The van der Waals surface area contributed by atoms with Gasteiger partial charge < -0.3 is 10.4 Å². The number of nitrogens with one attached hydrogen (secondary N) is 1. The molecule has 2 rings (SSSR count). The molecule has 2 N–H and O–H groups in total. The molecule has 19 heavy (non-hydrogen) atoms. The average molecular weight is 277 g/mol. The maximum absolute atomic E-state index is 10.1. The van der Waals surface area contributed by atoms with Crippen molar-refractivity contribution in [2.24, 2.45) is 0 Å². The van der Waals surface area contributed by atoms with E-state index < -0.39 is 6.10 Å². The molecular weight excluding hydrogens is 260 g/mol. The molecule has 0 spiro atoms. The van der Waals surface area contributed by atoms with Crippen LogP contribution in [0.4, 0.5) is 0 Å². The molecule has 1 unspecified atom stereocenters. The zero-order valence-electron chi connectivity index (χ0n) is 10.8. The minimum Gasteiger partial charge on any atom is -0.387 e. The van der Waals surface area contributed by atoms with Gasteiger partial charge in [0.1, 0.15) is 0 Å². The van der Waals surface area contributed by atoms with Gasteiger partial charge >= 0.3 is 0 Å². The maximum atomic E-state index is 10.1. The molecule has 0 bridgehead atoms. The van der Waals surface area contributed by atoms with Gasteiger partial charge in [-0.15, -0.1) is 0 Å². The Balaban J connectivity index is 1.90. The van der Waals surface area contributed by atoms with Crippen molar-refractivity contribution in [3.63, 3.8) is 0 Å². The first-order valence-corrected chi connectivity index (χ1v) is 6.60. The summed E-state index contributed by atoms with van der Waals surface area (Å²) in [5.41, 5.74) is 2.88. The van der Waals surface area contributed by atoms with Crippen molar-refractivity contribution < 1.29 is 5.11 Å². The lowest BCUT2D eigenvalue weighted by molar-refractivity contribution is 0.174. The van der Waals surface area contributed by atoms with E-state index >= 15 is 0 Å². The van der Waals surface area contributed by atoms with E-state index in [1.54, 1.807) is 12.3 Å². The van der Waals surface area contributed by atoms with E-state index in [0.717, 1.165) is 16.8 Å². The van der Waals surface area contributed by atoms with E-state index in [0.29, 0.717) is 18.1 Å². The van der Waals surface area contributed by atoms with Crippen molar-refractivity contribution in [2.75, 3.05) is 6.54 Å². The van der Waals surface area contributed by atoms with Crippen LogP contribution in [0.3, 0.4) is 0 Å². The first kappa shape index (κ1) is 14.0. The van der Waals surface area contributed by atoms with Gasteiger partial charge in [-0.3, -0.25) is 4.98 Å². The van der Waals surface area contributed by atoms with Crippen LogP contribution in [0.25, 0.3) is 0 Å². The summed E-state index contributed by atoms with van der Waals surface area (Å²) in [7, 11) is 0. The van der Waals surface area contributed by atoms with Crippen LogP contribution in [-0.4, -0.2) is 16.6 Å². The molecule has 100 valence electrons. The van der Waals surface area contributed by atoms with Crippen LogP contribution in [0, 0.1) is 6.92 Å². The van der Waals surface area contributed by atoms with Crippen molar-refractivity contribution >= 4 is 11.6 Å². The van der Waals surface area contributed by atoms with Gasteiger partial charge in [-0.1, -0.05) is 35.9 Å². The Kier molecular flexibility index (Phi) is 4.91. The number of benzene rings is 1. The van der Waals surface area contributed by atoms with Crippen molar-refractivity contribution in [1.82, 2.24) is 10.3 Å². The van der Waals surface area contributed by atoms with Gasteiger partial charge in [0.15, 0.2) is 0 Å². The highest BCUT2D eigenvalue weighted by molar-refractivity contribution is 6.31. The first-order valence-electron chi connectivity index (χ1n) is 6.22. The Morgan fingerprint density at radius 1 is 1.26 bits per heavy atom. The summed E-state index contributed by atoms with van der Waals surface area (Å²) < 4.78 is 0. The fraction of sp³-hybridized carbons (Fsp3) is 0.267. The molecule has 2 aromatic rings. The van der Waals surface area contributed by atoms with E-state index in [1.807, 2.05) is 37.3 Å². The van der Waals surface area contributed by atoms with E-state index in [1.165, 1.54) is 0 Å². The average Bonchev–Trinajstić information content (AvgIpc) is 2.41.